The van der Waals surface area contributed by atoms with Gasteiger partial charge in [-0.1, -0.05) is 32.4 Å². The van der Waals surface area contributed by atoms with Crippen molar-refractivity contribution in [1.29, 1.82) is 0 Å². The van der Waals surface area contributed by atoms with Crippen molar-refractivity contribution in [3.8, 4) is 0 Å². The highest BCUT2D eigenvalue weighted by Gasteiger charge is 2.63. The monoisotopic (exact) mass is 286 g/mol. The standard InChI is InChI=1S/C20H30O/c1-14-11-20-10-7-16-18(2,13-21)8-4-9-19(16,3)17(20)6-5-15(14)12-20/h13,15-17H,1,4-12H2,2-3H3/t15-,16-,17?,18+,19-,20?/m1/s1. The average Bonchev–Trinajstić information content (AvgIpc) is 2.68. The van der Waals surface area contributed by atoms with Crippen LogP contribution < -0.4 is 0 Å². The van der Waals surface area contributed by atoms with Gasteiger partial charge < -0.3 is 4.79 Å². The Labute approximate surface area is 129 Å². The first-order chi connectivity index (χ1) is 9.94. The number of carbonyl (C=O) groups is 1. The van der Waals surface area contributed by atoms with Crippen molar-refractivity contribution in [1.82, 2.24) is 0 Å². The lowest BCUT2D eigenvalue weighted by atomic mass is 9.41. The van der Waals surface area contributed by atoms with Crippen LogP contribution in [0.4, 0.5) is 0 Å². The molecule has 0 heterocycles. The van der Waals surface area contributed by atoms with Gasteiger partial charge in [0.15, 0.2) is 0 Å². The molecule has 6 atom stereocenters. The van der Waals surface area contributed by atoms with Crippen LogP contribution in [0.1, 0.15) is 71.6 Å². The molecule has 1 heteroatoms. The predicted octanol–water partition coefficient (Wildman–Crippen LogP) is 5.15. The molecule has 4 saturated carbocycles. The largest absolute Gasteiger partial charge is 0.303 e. The predicted molar refractivity (Wildman–Crippen MR) is 85.9 cm³/mol. The molecule has 0 amide bonds. The number of aldehydes is 1. The van der Waals surface area contributed by atoms with Crippen LogP contribution >= 0.6 is 0 Å². The van der Waals surface area contributed by atoms with Gasteiger partial charge in [-0.3, -0.25) is 0 Å². The van der Waals surface area contributed by atoms with Crippen LogP contribution in [0.2, 0.25) is 0 Å². The molecule has 4 aliphatic rings. The summed E-state index contributed by atoms with van der Waals surface area (Å²) < 4.78 is 0. The van der Waals surface area contributed by atoms with Crippen molar-refractivity contribution >= 4 is 6.29 Å². The van der Waals surface area contributed by atoms with Crippen molar-refractivity contribution in [2.75, 3.05) is 0 Å². The van der Waals surface area contributed by atoms with Gasteiger partial charge in [-0.05, 0) is 80.0 Å². The molecule has 1 nitrogen and oxygen atoms in total. The topological polar surface area (TPSA) is 17.1 Å². The highest BCUT2D eigenvalue weighted by atomic mass is 16.1. The van der Waals surface area contributed by atoms with Gasteiger partial charge in [0.25, 0.3) is 0 Å². The second-order valence-corrected chi connectivity index (χ2v) is 9.30. The molecule has 0 N–H and O–H groups in total. The van der Waals surface area contributed by atoms with Crippen LogP contribution in [0.5, 0.6) is 0 Å². The first-order valence-corrected chi connectivity index (χ1v) is 9.08. The van der Waals surface area contributed by atoms with E-state index in [1.807, 2.05) is 0 Å². The van der Waals surface area contributed by atoms with Gasteiger partial charge in [0.1, 0.15) is 6.29 Å². The maximum atomic E-state index is 11.8. The van der Waals surface area contributed by atoms with Crippen molar-refractivity contribution in [3.05, 3.63) is 12.2 Å². The molecular formula is C20H30O. The zero-order valence-corrected chi connectivity index (χ0v) is 13.8. The fourth-order valence-corrected chi connectivity index (χ4v) is 7.54. The molecule has 0 aromatic heterocycles. The van der Waals surface area contributed by atoms with E-state index >= 15 is 0 Å². The summed E-state index contributed by atoms with van der Waals surface area (Å²) in [5.41, 5.74) is 2.46. The summed E-state index contributed by atoms with van der Waals surface area (Å²) in [4.78, 5) is 11.8. The van der Waals surface area contributed by atoms with Crippen molar-refractivity contribution in [3.63, 3.8) is 0 Å². The van der Waals surface area contributed by atoms with Gasteiger partial charge in [-0.2, -0.15) is 0 Å². The maximum absolute atomic E-state index is 11.8. The van der Waals surface area contributed by atoms with Gasteiger partial charge in [0.05, 0.1) is 0 Å². The van der Waals surface area contributed by atoms with E-state index in [9.17, 15) is 4.79 Å². The Morgan fingerprint density at radius 2 is 1.90 bits per heavy atom. The molecule has 2 unspecified atom stereocenters. The third-order valence-corrected chi connectivity index (χ3v) is 8.37. The van der Waals surface area contributed by atoms with E-state index in [4.69, 9.17) is 0 Å². The highest BCUT2D eigenvalue weighted by Crippen LogP contribution is 2.71. The molecular weight excluding hydrogens is 256 g/mol. The summed E-state index contributed by atoms with van der Waals surface area (Å²) in [5.74, 6) is 2.29. The zero-order valence-electron chi connectivity index (χ0n) is 13.8. The third kappa shape index (κ3) is 1.67. The van der Waals surface area contributed by atoms with Crippen LogP contribution in [0.25, 0.3) is 0 Å². The minimum absolute atomic E-state index is 0.0545. The SMILES string of the molecule is C=C1CC23CC[C@H]4[C@@](C)(CCC[C@@]4(C)C=O)C2CC[C@@H]1C3. The van der Waals surface area contributed by atoms with Crippen molar-refractivity contribution in [2.45, 2.75) is 71.6 Å². The summed E-state index contributed by atoms with van der Waals surface area (Å²) in [6.07, 6.45) is 13.1. The third-order valence-electron chi connectivity index (χ3n) is 8.37. The van der Waals surface area contributed by atoms with E-state index < -0.39 is 0 Å². The van der Waals surface area contributed by atoms with E-state index in [0.717, 1.165) is 18.3 Å². The zero-order chi connectivity index (χ0) is 14.9. The highest BCUT2D eigenvalue weighted by molar-refractivity contribution is 5.60. The Hall–Kier alpha value is -0.590. The quantitative estimate of drug-likeness (QED) is 0.481. The molecule has 0 aliphatic heterocycles. The minimum atomic E-state index is -0.0545. The molecule has 21 heavy (non-hydrogen) atoms. The van der Waals surface area contributed by atoms with Gasteiger partial charge in [-0.25, -0.2) is 0 Å². The number of allylic oxidation sites excluding steroid dienone is 1. The average molecular weight is 286 g/mol. The molecule has 2 bridgehead atoms. The number of hydrogen-bond donors (Lipinski definition) is 0. The Balaban J connectivity index is 1.75. The normalized spacial score (nSPS) is 55.7. The second-order valence-electron chi connectivity index (χ2n) is 9.30. The smallest absolute Gasteiger partial charge is 0.126 e. The first kappa shape index (κ1) is 14.0. The Morgan fingerprint density at radius 1 is 1.10 bits per heavy atom. The molecule has 4 fully saturated rings. The first-order valence-electron chi connectivity index (χ1n) is 9.08. The van der Waals surface area contributed by atoms with Crippen LogP contribution in [0, 0.1) is 34.0 Å². The van der Waals surface area contributed by atoms with Crippen LogP contribution in [0.3, 0.4) is 0 Å². The summed E-state index contributed by atoms with van der Waals surface area (Å²) in [7, 11) is 0. The summed E-state index contributed by atoms with van der Waals surface area (Å²) in [5, 5.41) is 0. The van der Waals surface area contributed by atoms with E-state index in [1.165, 1.54) is 57.7 Å². The van der Waals surface area contributed by atoms with E-state index in [2.05, 4.69) is 20.4 Å². The van der Waals surface area contributed by atoms with Gasteiger partial charge in [0, 0.05) is 5.41 Å². The minimum Gasteiger partial charge on any atom is -0.303 e. The maximum Gasteiger partial charge on any atom is 0.126 e. The second kappa shape index (κ2) is 4.24. The fourth-order valence-electron chi connectivity index (χ4n) is 7.54. The summed E-state index contributed by atoms with van der Waals surface area (Å²) >= 11 is 0. The van der Waals surface area contributed by atoms with Crippen LogP contribution in [0.15, 0.2) is 12.2 Å². The fraction of sp³-hybridized carbons (Fsp3) is 0.850. The number of carbonyl (C=O) groups excluding carboxylic acids is 1. The lowest BCUT2D eigenvalue weighted by Gasteiger charge is -2.63. The van der Waals surface area contributed by atoms with Crippen molar-refractivity contribution in [2.24, 2.45) is 34.0 Å². The summed E-state index contributed by atoms with van der Waals surface area (Å²) in [6, 6.07) is 0. The van der Waals surface area contributed by atoms with Gasteiger partial charge in [0.2, 0.25) is 0 Å². The van der Waals surface area contributed by atoms with Gasteiger partial charge in [-0.15, -0.1) is 0 Å². The van der Waals surface area contributed by atoms with E-state index in [1.54, 1.807) is 5.57 Å². The van der Waals surface area contributed by atoms with Crippen molar-refractivity contribution < 1.29 is 4.79 Å². The Kier molecular flexibility index (Phi) is 2.83. The van der Waals surface area contributed by atoms with E-state index in [0.29, 0.717) is 16.7 Å². The van der Waals surface area contributed by atoms with Crippen LogP contribution in [-0.4, -0.2) is 6.29 Å². The lowest BCUT2D eigenvalue weighted by Crippen LogP contribution is -2.56. The molecule has 0 aromatic rings. The Morgan fingerprint density at radius 3 is 2.67 bits per heavy atom. The Bertz CT molecular complexity index is 494. The number of fused-ring (bicyclic) bond motifs is 3. The molecule has 1 spiro atoms. The number of rotatable bonds is 1. The molecule has 116 valence electrons. The molecule has 0 aromatic carbocycles. The summed E-state index contributed by atoms with van der Waals surface area (Å²) in [6.45, 7) is 9.19. The van der Waals surface area contributed by atoms with Crippen LogP contribution in [-0.2, 0) is 4.79 Å². The number of hydrogen-bond acceptors (Lipinski definition) is 1. The van der Waals surface area contributed by atoms with Gasteiger partial charge >= 0.3 is 0 Å². The molecule has 4 rings (SSSR count). The molecule has 0 radical (unpaired) electrons. The molecule has 4 aliphatic carbocycles. The molecule has 0 saturated heterocycles. The van der Waals surface area contributed by atoms with E-state index in [-0.39, 0.29) is 5.41 Å². The lowest BCUT2D eigenvalue weighted by molar-refractivity contribution is -0.157.